The fraction of sp³-hybridized carbons (Fsp3) is 0.467. The molecular formula is C15H21ClN4. The lowest BCUT2D eigenvalue weighted by atomic mass is 10.1. The molecule has 0 radical (unpaired) electrons. The lowest BCUT2D eigenvalue weighted by Gasteiger charge is -2.25. The molecule has 2 aromatic heterocycles. The van der Waals surface area contributed by atoms with Crippen LogP contribution in [0.3, 0.4) is 0 Å². The van der Waals surface area contributed by atoms with Crippen LogP contribution in [-0.4, -0.2) is 26.7 Å². The molecule has 108 valence electrons. The summed E-state index contributed by atoms with van der Waals surface area (Å²) in [6.45, 7) is 5.08. The number of pyridine rings is 1. The van der Waals surface area contributed by atoms with Gasteiger partial charge in [-0.1, -0.05) is 18.5 Å². The summed E-state index contributed by atoms with van der Waals surface area (Å²) in [5.41, 5.74) is 3.45. The van der Waals surface area contributed by atoms with E-state index in [1.807, 2.05) is 31.6 Å². The Balaban J connectivity index is 2.18. The van der Waals surface area contributed by atoms with E-state index in [1.165, 1.54) is 5.56 Å². The summed E-state index contributed by atoms with van der Waals surface area (Å²) in [4.78, 5) is 6.34. The third kappa shape index (κ3) is 3.02. The van der Waals surface area contributed by atoms with Gasteiger partial charge < -0.3 is 0 Å². The van der Waals surface area contributed by atoms with Crippen LogP contribution in [0.2, 0.25) is 5.15 Å². The van der Waals surface area contributed by atoms with Gasteiger partial charge in [0.05, 0.1) is 5.69 Å². The Hall–Kier alpha value is -1.39. The van der Waals surface area contributed by atoms with Gasteiger partial charge in [0.1, 0.15) is 5.15 Å². The number of halogens is 1. The second kappa shape index (κ2) is 6.37. The predicted octanol–water partition coefficient (Wildman–Crippen LogP) is 3.22. The van der Waals surface area contributed by atoms with Gasteiger partial charge in [0.25, 0.3) is 0 Å². The third-order valence-corrected chi connectivity index (χ3v) is 4.22. The molecule has 20 heavy (non-hydrogen) atoms. The molecule has 0 fully saturated rings. The highest BCUT2D eigenvalue weighted by Crippen LogP contribution is 2.25. The zero-order valence-corrected chi connectivity index (χ0v) is 13.2. The minimum Gasteiger partial charge on any atom is -0.295 e. The average Bonchev–Trinajstić information content (AvgIpc) is 2.75. The summed E-state index contributed by atoms with van der Waals surface area (Å²) in [6.07, 6.45) is 4.55. The van der Waals surface area contributed by atoms with Gasteiger partial charge in [0, 0.05) is 37.6 Å². The molecular weight excluding hydrogens is 272 g/mol. The molecule has 0 saturated heterocycles. The summed E-state index contributed by atoms with van der Waals surface area (Å²) >= 11 is 6.35. The van der Waals surface area contributed by atoms with Crippen LogP contribution in [0, 0.1) is 0 Å². The summed E-state index contributed by atoms with van der Waals surface area (Å²) in [5, 5.41) is 5.19. The van der Waals surface area contributed by atoms with Crippen LogP contribution in [0.25, 0.3) is 0 Å². The van der Waals surface area contributed by atoms with E-state index in [0.717, 1.165) is 29.4 Å². The van der Waals surface area contributed by atoms with Crippen molar-refractivity contribution < 1.29 is 0 Å². The quantitative estimate of drug-likeness (QED) is 0.848. The Labute approximate surface area is 125 Å². The summed E-state index contributed by atoms with van der Waals surface area (Å²) in [6, 6.07) is 4.40. The maximum atomic E-state index is 6.35. The second-order valence-electron chi connectivity index (χ2n) is 5.06. The standard InChI is InChI=1S/C15H21ClN4/c1-5-14-13(15(16)20(4)18-14)10-19(3)11(2)12-6-8-17-9-7-12/h6-9,11H,5,10H2,1-4H3. The van der Waals surface area contributed by atoms with Gasteiger partial charge in [0.15, 0.2) is 0 Å². The second-order valence-corrected chi connectivity index (χ2v) is 5.42. The molecule has 2 aromatic rings. The lowest BCUT2D eigenvalue weighted by molar-refractivity contribution is 0.252. The average molecular weight is 293 g/mol. The molecule has 1 atom stereocenters. The van der Waals surface area contributed by atoms with Crippen molar-refractivity contribution in [3.8, 4) is 0 Å². The minimum atomic E-state index is 0.305. The van der Waals surface area contributed by atoms with Crippen LogP contribution in [0.15, 0.2) is 24.5 Å². The third-order valence-electron chi connectivity index (χ3n) is 3.74. The van der Waals surface area contributed by atoms with Gasteiger partial charge in [-0.05, 0) is 38.1 Å². The molecule has 2 rings (SSSR count). The summed E-state index contributed by atoms with van der Waals surface area (Å²) in [7, 11) is 3.99. The van der Waals surface area contributed by atoms with E-state index >= 15 is 0 Å². The molecule has 5 heteroatoms. The van der Waals surface area contributed by atoms with Crippen LogP contribution >= 0.6 is 11.6 Å². The summed E-state index contributed by atoms with van der Waals surface area (Å²) in [5.74, 6) is 0. The molecule has 0 aliphatic rings. The molecule has 0 amide bonds. The lowest BCUT2D eigenvalue weighted by Crippen LogP contribution is -2.22. The first-order chi connectivity index (χ1) is 9.54. The highest BCUT2D eigenvalue weighted by molar-refractivity contribution is 6.30. The minimum absolute atomic E-state index is 0.305. The number of hydrogen-bond donors (Lipinski definition) is 0. The first-order valence-electron chi connectivity index (χ1n) is 6.85. The maximum absolute atomic E-state index is 6.35. The Morgan fingerprint density at radius 2 is 2.00 bits per heavy atom. The SMILES string of the molecule is CCc1nn(C)c(Cl)c1CN(C)C(C)c1ccncc1. The topological polar surface area (TPSA) is 34.0 Å². The van der Waals surface area contributed by atoms with Crippen LogP contribution in [0.4, 0.5) is 0 Å². The smallest absolute Gasteiger partial charge is 0.131 e. The molecule has 2 heterocycles. The van der Waals surface area contributed by atoms with E-state index in [4.69, 9.17) is 11.6 Å². The van der Waals surface area contributed by atoms with E-state index in [9.17, 15) is 0 Å². The molecule has 4 nitrogen and oxygen atoms in total. The monoisotopic (exact) mass is 292 g/mol. The Morgan fingerprint density at radius 3 is 2.60 bits per heavy atom. The highest BCUT2D eigenvalue weighted by atomic mass is 35.5. The van der Waals surface area contributed by atoms with Crippen molar-refractivity contribution in [1.82, 2.24) is 19.7 Å². The maximum Gasteiger partial charge on any atom is 0.131 e. The number of rotatable bonds is 5. The van der Waals surface area contributed by atoms with Crippen molar-refractivity contribution in [2.75, 3.05) is 7.05 Å². The van der Waals surface area contributed by atoms with Gasteiger partial charge in [-0.25, -0.2) is 0 Å². The molecule has 0 bridgehead atoms. The van der Waals surface area contributed by atoms with Crippen LogP contribution in [0.1, 0.15) is 36.7 Å². The first kappa shape index (κ1) is 15.0. The molecule has 0 spiro atoms. The number of nitrogens with zero attached hydrogens (tertiary/aromatic N) is 4. The van der Waals surface area contributed by atoms with Crippen molar-refractivity contribution in [2.45, 2.75) is 32.9 Å². The molecule has 0 saturated carbocycles. The van der Waals surface area contributed by atoms with Crippen LogP contribution in [-0.2, 0) is 20.0 Å². The zero-order valence-electron chi connectivity index (χ0n) is 12.5. The van der Waals surface area contributed by atoms with Gasteiger partial charge >= 0.3 is 0 Å². The number of aromatic nitrogens is 3. The Bertz CT molecular complexity index is 565. The van der Waals surface area contributed by atoms with Crippen LogP contribution < -0.4 is 0 Å². The Morgan fingerprint density at radius 1 is 1.35 bits per heavy atom. The van der Waals surface area contributed by atoms with Gasteiger partial charge in [0.2, 0.25) is 0 Å². The molecule has 0 aliphatic carbocycles. The van der Waals surface area contributed by atoms with Gasteiger partial charge in [-0.15, -0.1) is 0 Å². The number of aryl methyl sites for hydroxylation is 2. The van der Waals surface area contributed by atoms with Crippen molar-refractivity contribution in [3.05, 3.63) is 46.5 Å². The van der Waals surface area contributed by atoms with Crippen molar-refractivity contribution >= 4 is 11.6 Å². The van der Waals surface area contributed by atoms with Crippen molar-refractivity contribution in [1.29, 1.82) is 0 Å². The molecule has 0 N–H and O–H groups in total. The predicted molar refractivity (Wildman–Crippen MR) is 81.7 cm³/mol. The Kier molecular flexibility index (Phi) is 4.78. The zero-order chi connectivity index (χ0) is 14.7. The fourth-order valence-corrected chi connectivity index (χ4v) is 2.53. The largest absolute Gasteiger partial charge is 0.295 e. The van der Waals surface area contributed by atoms with E-state index < -0.39 is 0 Å². The normalized spacial score (nSPS) is 12.9. The fourth-order valence-electron chi connectivity index (χ4n) is 2.32. The molecule has 0 aromatic carbocycles. The van der Waals surface area contributed by atoms with Crippen molar-refractivity contribution in [3.63, 3.8) is 0 Å². The summed E-state index contributed by atoms with van der Waals surface area (Å²) < 4.78 is 1.75. The van der Waals surface area contributed by atoms with Gasteiger partial charge in [-0.3, -0.25) is 14.6 Å². The van der Waals surface area contributed by atoms with Gasteiger partial charge in [-0.2, -0.15) is 5.10 Å². The van der Waals surface area contributed by atoms with E-state index in [2.05, 4.69) is 35.9 Å². The molecule has 1 unspecified atom stereocenters. The van der Waals surface area contributed by atoms with E-state index in [0.29, 0.717) is 6.04 Å². The highest BCUT2D eigenvalue weighted by Gasteiger charge is 2.18. The number of hydrogen-bond acceptors (Lipinski definition) is 3. The van der Waals surface area contributed by atoms with Crippen molar-refractivity contribution in [2.24, 2.45) is 7.05 Å². The van der Waals surface area contributed by atoms with Crippen LogP contribution in [0.5, 0.6) is 0 Å². The first-order valence-corrected chi connectivity index (χ1v) is 7.22. The van der Waals surface area contributed by atoms with E-state index in [-0.39, 0.29) is 0 Å². The molecule has 0 aliphatic heterocycles. The van der Waals surface area contributed by atoms with E-state index in [1.54, 1.807) is 4.68 Å².